The van der Waals surface area contributed by atoms with Gasteiger partial charge in [-0.15, -0.1) is 24.0 Å². The molecule has 0 radical (unpaired) electrons. The summed E-state index contributed by atoms with van der Waals surface area (Å²) in [7, 11) is 1.87. The summed E-state index contributed by atoms with van der Waals surface area (Å²) < 4.78 is 11.7. The van der Waals surface area contributed by atoms with E-state index >= 15 is 0 Å². The van der Waals surface area contributed by atoms with E-state index in [4.69, 9.17) is 9.47 Å². The summed E-state index contributed by atoms with van der Waals surface area (Å²) >= 11 is 3.50. The molecule has 0 aliphatic carbocycles. The fraction of sp³-hybridized carbons (Fsp3) is 0.556. The van der Waals surface area contributed by atoms with Gasteiger partial charge in [-0.1, -0.05) is 0 Å². The number of carbonyl (C=O) groups excluding carboxylic acids is 1. The summed E-state index contributed by atoms with van der Waals surface area (Å²) in [5.41, 5.74) is 1.000. The molecule has 0 aromatic heterocycles. The lowest BCUT2D eigenvalue weighted by atomic mass is 10.2. The molecular formula is C18H28BrIN4O3. The first-order valence-corrected chi connectivity index (χ1v) is 9.64. The van der Waals surface area contributed by atoms with Crippen molar-refractivity contribution in [3.63, 3.8) is 0 Å². The molecule has 1 N–H and O–H groups in total. The van der Waals surface area contributed by atoms with E-state index in [1.807, 2.05) is 49.8 Å². The first-order chi connectivity index (χ1) is 12.5. The van der Waals surface area contributed by atoms with Gasteiger partial charge < -0.3 is 24.6 Å². The number of nitrogens with one attached hydrogen (secondary N) is 1. The van der Waals surface area contributed by atoms with Crippen LogP contribution in [-0.2, 0) is 11.3 Å². The van der Waals surface area contributed by atoms with Crippen LogP contribution >= 0.6 is 39.9 Å². The van der Waals surface area contributed by atoms with Gasteiger partial charge in [0.1, 0.15) is 0 Å². The second-order valence-corrected chi connectivity index (χ2v) is 6.76. The lowest BCUT2D eigenvalue weighted by Crippen LogP contribution is -2.45. The first kappa shape index (κ1) is 23.8. The third-order valence-electron chi connectivity index (χ3n) is 4.08. The van der Waals surface area contributed by atoms with Gasteiger partial charge in [0, 0.05) is 26.7 Å². The van der Waals surface area contributed by atoms with Crippen LogP contribution in [-0.4, -0.2) is 61.7 Å². The molecule has 0 bridgehead atoms. The van der Waals surface area contributed by atoms with Crippen LogP contribution in [0.15, 0.2) is 21.6 Å². The molecule has 1 amide bonds. The van der Waals surface area contributed by atoms with Crippen LogP contribution in [0.5, 0.6) is 11.5 Å². The zero-order chi connectivity index (χ0) is 19.1. The van der Waals surface area contributed by atoms with E-state index in [1.165, 1.54) is 0 Å². The zero-order valence-corrected chi connectivity index (χ0v) is 20.2. The maximum atomic E-state index is 12.3. The third kappa shape index (κ3) is 6.41. The van der Waals surface area contributed by atoms with Crippen molar-refractivity contribution in [3.8, 4) is 11.5 Å². The maximum absolute atomic E-state index is 12.3. The lowest BCUT2D eigenvalue weighted by molar-refractivity contribution is -0.131. The van der Waals surface area contributed by atoms with E-state index < -0.39 is 0 Å². The van der Waals surface area contributed by atoms with Crippen LogP contribution in [0.25, 0.3) is 0 Å². The van der Waals surface area contributed by atoms with Gasteiger partial charge in [0.15, 0.2) is 17.5 Å². The van der Waals surface area contributed by atoms with Crippen molar-refractivity contribution in [1.29, 1.82) is 0 Å². The van der Waals surface area contributed by atoms with Crippen LogP contribution in [0.4, 0.5) is 0 Å². The molecule has 0 saturated heterocycles. The van der Waals surface area contributed by atoms with E-state index in [1.54, 1.807) is 0 Å². The predicted molar refractivity (Wildman–Crippen MR) is 121 cm³/mol. The molecule has 1 aliphatic rings. The Kier molecular flexibility index (Phi) is 10.2. The second-order valence-electron chi connectivity index (χ2n) is 5.90. The number of carbonyl (C=O) groups is 1. The topological polar surface area (TPSA) is 66.4 Å². The number of likely N-dealkylation sites (N-methyl/N-ethyl adjacent to an activating group) is 2. The Balaban J connectivity index is 0.00000364. The van der Waals surface area contributed by atoms with Crippen LogP contribution in [0, 0.1) is 0 Å². The summed E-state index contributed by atoms with van der Waals surface area (Å²) in [6, 6.07) is 3.91. The van der Waals surface area contributed by atoms with Crippen molar-refractivity contribution >= 4 is 51.8 Å². The molecule has 0 saturated carbocycles. The highest BCUT2D eigenvalue weighted by Crippen LogP contribution is 2.40. The summed E-state index contributed by atoms with van der Waals surface area (Å²) in [6.45, 7) is 9.12. The number of nitrogens with zero attached hydrogens (tertiary/aromatic N) is 3. The van der Waals surface area contributed by atoms with Gasteiger partial charge in [-0.25, -0.2) is 4.99 Å². The summed E-state index contributed by atoms with van der Waals surface area (Å²) in [6.07, 6.45) is 0. The quantitative estimate of drug-likeness (QED) is 0.319. The van der Waals surface area contributed by atoms with Gasteiger partial charge in [0.05, 0.1) is 17.6 Å². The number of benzene rings is 1. The van der Waals surface area contributed by atoms with Crippen LogP contribution in [0.1, 0.15) is 26.3 Å². The van der Waals surface area contributed by atoms with Crippen molar-refractivity contribution < 1.29 is 14.3 Å². The number of fused-ring (bicyclic) bond motifs is 1. The third-order valence-corrected chi connectivity index (χ3v) is 4.67. The Morgan fingerprint density at radius 2 is 1.96 bits per heavy atom. The Morgan fingerprint density at radius 1 is 1.26 bits per heavy atom. The molecule has 2 rings (SSSR count). The average molecular weight is 555 g/mol. The number of amides is 1. The van der Waals surface area contributed by atoms with Crippen LogP contribution in [0.3, 0.4) is 0 Å². The number of rotatable bonds is 7. The van der Waals surface area contributed by atoms with E-state index in [-0.39, 0.29) is 36.7 Å². The highest BCUT2D eigenvalue weighted by molar-refractivity contribution is 14.0. The number of guanidine groups is 1. The molecule has 9 heteroatoms. The van der Waals surface area contributed by atoms with Gasteiger partial charge in [0.25, 0.3) is 0 Å². The minimum atomic E-state index is 0. The van der Waals surface area contributed by atoms with Gasteiger partial charge >= 0.3 is 0 Å². The van der Waals surface area contributed by atoms with Gasteiger partial charge in [-0.3, -0.25) is 4.79 Å². The largest absolute Gasteiger partial charge is 0.454 e. The summed E-state index contributed by atoms with van der Waals surface area (Å²) in [5.74, 6) is 2.24. The summed E-state index contributed by atoms with van der Waals surface area (Å²) in [4.78, 5) is 20.7. The molecular weight excluding hydrogens is 527 g/mol. The molecule has 0 atom stereocenters. The SMILES string of the molecule is CCNC(=NCc1cc(Br)c2c(c1)OCO2)N(C)CC(=O)N(CC)CC.I. The molecule has 0 fully saturated rings. The van der Waals surface area contributed by atoms with Crippen molar-refractivity contribution in [2.45, 2.75) is 27.3 Å². The molecule has 1 aliphatic heterocycles. The molecule has 152 valence electrons. The highest BCUT2D eigenvalue weighted by Gasteiger charge is 2.18. The van der Waals surface area contributed by atoms with E-state index in [9.17, 15) is 4.79 Å². The molecule has 0 spiro atoms. The van der Waals surface area contributed by atoms with E-state index in [0.717, 1.165) is 28.1 Å². The number of halogens is 2. The van der Waals surface area contributed by atoms with Gasteiger partial charge in [0.2, 0.25) is 12.7 Å². The van der Waals surface area contributed by atoms with Crippen molar-refractivity contribution in [1.82, 2.24) is 15.1 Å². The standard InChI is InChI=1S/C18H27BrN4O3.HI/c1-5-20-18(22(4)11-16(24)23(6-2)7-3)21-10-13-8-14(19)17-15(9-13)25-12-26-17;/h8-9H,5-7,10-12H2,1-4H3,(H,20,21);1H. The zero-order valence-electron chi connectivity index (χ0n) is 16.2. The Labute approximate surface area is 186 Å². The maximum Gasteiger partial charge on any atom is 0.242 e. The predicted octanol–water partition coefficient (Wildman–Crippen LogP) is 3.06. The van der Waals surface area contributed by atoms with E-state index in [2.05, 4.69) is 26.2 Å². The summed E-state index contributed by atoms with van der Waals surface area (Å²) in [5, 5.41) is 3.24. The fourth-order valence-electron chi connectivity index (χ4n) is 2.70. The van der Waals surface area contributed by atoms with Crippen molar-refractivity contribution in [2.75, 3.05) is 40.0 Å². The number of hydrogen-bond acceptors (Lipinski definition) is 4. The minimum Gasteiger partial charge on any atom is -0.454 e. The van der Waals surface area contributed by atoms with Gasteiger partial charge in [-0.05, 0) is 54.4 Å². The highest BCUT2D eigenvalue weighted by atomic mass is 127. The average Bonchev–Trinajstić information content (AvgIpc) is 3.08. The second kappa shape index (κ2) is 11.6. The van der Waals surface area contributed by atoms with Crippen molar-refractivity contribution in [3.05, 3.63) is 22.2 Å². The van der Waals surface area contributed by atoms with Crippen LogP contribution < -0.4 is 14.8 Å². The smallest absolute Gasteiger partial charge is 0.242 e. The minimum absolute atomic E-state index is 0. The molecule has 27 heavy (non-hydrogen) atoms. The lowest BCUT2D eigenvalue weighted by Gasteiger charge is -2.25. The van der Waals surface area contributed by atoms with Crippen LogP contribution in [0.2, 0.25) is 0 Å². The normalized spacial score (nSPS) is 12.4. The molecule has 1 aromatic rings. The molecule has 1 aromatic carbocycles. The number of ether oxygens (including phenoxy) is 2. The van der Waals surface area contributed by atoms with Crippen molar-refractivity contribution in [2.24, 2.45) is 4.99 Å². The molecule has 1 heterocycles. The van der Waals surface area contributed by atoms with E-state index in [0.29, 0.717) is 32.1 Å². The number of hydrogen-bond donors (Lipinski definition) is 1. The van der Waals surface area contributed by atoms with Gasteiger partial charge in [-0.2, -0.15) is 0 Å². The first-order valence-electron chi connectivity index (χ1n) is 8.85. The monoisotopic (exact) mass is 554 g/mol. The fourth-order valence-corrected chi connectivity index (χ4v) is 3.31. The Morgan fingerprint density at radius 3 is 2.59 bits per heavy atom. The Hall–Kier alpha value is -1.23. The number of aliphatic imine (C=N–C) groups is 1. The Bertz CT molecular complexity index is 668. The molecule has 7 nitrogen and oxygen atoms in total. The molecule has 0 unspecified atom stereocenters.